The Labute approximate surface area is 195 Å². The summed E-state index contributed by atoms with van der Waals surface area (Å²) in [5.74, 6) is 3.27. The Morgan fingerprint density at radius 3 is 2.18 bits per heavy atom. The summed E-state index contributed by atoms with van der Waals surface area (Å²) in [5, 5.41) is 0. The molecule has 0 aliphatic carbocycles. The summed E-state index contributed by atoms with van der Waals surface area (Å²) in [5.41, 5.74) is 5.26. The minimum atomic E-state index is 0. The molecule has 0 saturated carbocycles. The predicted molar refractivity (Wildman–Crippen MR) is 99.7 cm³/mol. The van der Waals surface area contributed by atoms with Gasteiger partial charge in [-0.1, -0.05) is 6.07 Å². The smallest absolute Gasteiger partial charge is 1.00 e. The van der Waals surface area contributed by atoms with E-state index in [2.05, 4.69) is 23.1 Å². The van der Waals surface area contributed by atoms with Crippen molar-refractivity contribution in [2.75, 3.05) is 35.0 Å². The maximum Gasteiger partial charge on any atom is 1.00 e. The topological polar surface area (TPSA) is 40.2 Å². The number of methoxy groups -OCH3 is 4. The molecule has 0 N–H and O–H groups in total. The van der Waals surface area contributed by atoms with Gasteiger partial charge in [0.25, 0.3) is 0 Å². The minimum absolute atomic E-state index is 0. The Kier molecular flexibility index (Phi) is 7.94. The van der Waals surface area contributed by atoms with Gasteiger partial charge in [0, 0.05) is 24.7 Å². The first-order chi connectivity index (χ1) is 12.7. The van der Waals surface area contributed by atoms with Crippen molar-refractivity contribution in [2.45, 2.75) is 25.4 Å². The van der Waals surface area contributed by atoms with E-state index < -0.39 is 0 Å². The first kappa shape index (κ1) is 23.2. The zero-order valence-electron chi connectivity index (χ0n) is 17.2. The maximum atomic E-state index is 5.66. The quantitative estimate of drug-likeness (QED) is 0.514. The van der Waals surface area contributed by atoms with Crippen molar-refractivity contribution in [3.8, 4) is 23.0 Å². The van der Waals surface area contributed by atoms with E-state index in [9.17, 15) is 0 Å². The number of benzene rings is 2. The van der Waals surface area contributed by atoms with Crippen LogP contribution in [-0.2, 0) is 19.4 Å². The second kappa shape index (κ2) is 9.59. The Balaban J connectivity index is 0.00000140. The Morgan fingerprint density at radius 2 is 1.54 bits per heavy atom. The molecule has 146 valence electrons. The van der Waals surface area contributed by atoms with Crippen LogP contribution in [-0.4, -0.2) is 39.9 Å². The molecule has 2 aromatic rings. The molecule has 2 aliphatic rings. The van der Waals surface area contributed by atoms with E-state index in [0.717, 1.165) is 48.9 Å². The monoisotopic (exact) mass is 413 g/mol. The molecule has 1 atom stereocenters. The molecular weight excluding hydrogens is 389 g/mol. The zero-order valence-corrected chi connectivity index (χ0v) is 19.9. The van der Waals surface area contributed by atoms with Crippen LogP contribution < -0.4 is 60.9 Å². The first-order valence-corrected chi connectivity index (χ1v) is 8.91. The fraction of sp³-hybridized carbons (Fsp3) is 0.429. The van der Waals surface area contributed by atoms with Crippen molar-refractivity contribution in [1.82, 2.24) is 4.90 Å². The second-order valence-electron chi connectivity index (χ2n) is 6.79. The number of rotatable bonds is 4. The van der Waals surface area contributed by atoms with Crippen LogP contribution in [0.25, 0.3) is 0 Å². The molecule has 0 radical (unpaired) electrons. The summed E-state index contributed by atoms with van der Waals surface area (Å²) in [6.07, 6.45) is 1.96. The van der Waals surface area contributed by atoms with Gasteiger partial charge in [0.2, 0.25) is 0 Å². The molecule has 0 fully saturated rings. The van der Waals surface area contributed by atoms with Gasteiger partial charge in [-0.3, -0.25) is 4.90 Å². The molecule has 28 heavy (non-hydrogen) atoms. The van der Waals surface area contributed by atoms with E-state index in [0.29, 0.717) is 6.04 Å². The summed E-state index contributed by atoms with van der Waals surface area (Å²) in [4.78, 5) is 2.53. The van der Waals surface area contributed by atoms with Crippen LogP contribution >= 0.6 is 0 Å². The normalized spacial score (nSPS) is 17.1. The van der Waals surface area contributed by atoms with E-state index in [1.807, 2.05) is 6.07 Å². The van der Waals surface area contributed by atoms with Crippen LogP contribution in [0.2, 0.25) is 0 Å². The van der Waals surface area contributed by atoms with E-state index in [4.69, 9.17) is 18.9 Å². The summed E-state index contributed by atoms with van der Waals surface area (Å²) in [7, 11) is 6.79. The fourth-order valence-electron chi connectivity index (χ4n) is 4.32. The summed E-state index contributed by atoms with van der Waals surface area (Å²) in [6, 6.07) is 8.81. The van der Waals surface area contributed by atoms with Gasteiger partial charge in [0.05, 0.1) is 28.4 Å². The number of halogens is 1. The second-order valence-corrected chi connectivity index (χ2v) is 6.79. The number of fused-ring (bicyclic) bond motifs is 4. The van der Waals surface area contributed by atoms with Crippen molar-refractivity contribution < 1.29 is 60.9 Å². The minimum Gasteiger partial charge on any atom is -1.00 e. The Bertz CT molecular complexity index is 846. The molecule has 2 heterocycles. The molecule has 0 unspecified atom stereocenters. The maximum absolute atomic E-state index is 5.66. The van der Waals surface area contributed by atoms with E-state index >= 15 is 0 Å². The Hall–Kier alpha value is -1.11. The summed E-state index contributed by atoms with van der Waals surface area (Å²) >= 11 is 0. The molecule has 0 bridgehead atoms. The molecule has 7 heteroatoms. The molecule has 0 aromatic heterocycles. The zero-order chi connectivity index (χ0) is 18.3. The van der Waals surface area contributed by atoms with E-state index in [-0.39, 0.29) is 42.0 Å². The van der Waals surface area contributed by atoms with Crippen molar-refractivity contribution in [2.24, 2.45) is 0 Å². The van der Waals surface area contributed by atoms with Crippen molar-refractivity contribution in [3.05, 3.63) is 46.5 Å². The molecule has 5 nitrogen and oxygen atoms in total. The van der Waals surface area contributed by atoms with Crippen LogP contribution in [0, 0.1) is 0 Å². The predicted octanol–water partition coefficient (Wildman–Crippen LogP) is -2.62. The van der Waals surface area contributed by atoms with Gasteiger partial charge < -0.3 is 31.4 Å². The molecule has 2 aromatic carbocycles. The molecular formula is C21H25ClNNaO4. The van der Waals surface area contributed by atoms with Crippen LogP contribution in [0.5, 0.6) is 23.0 Å². The average molecular weight is 414 g/mol. The largest absolute Gasteiger partial charge is 1.00 e. The number of ether oxygens (including phenoxy) is 4. The third kappa shape index (κ3) is 3.83. The summed E-state index contributed by atoms with van der Waals surface area (Å²) in [6.45, 7) is 1.89. The van der Waals surface area contributed by atoms with Crippen LogP contribution in [0.1, 0.15) is 28.3 Å². The van der Waals surface area contributed by atoms with E-state index in [1.165, 1.54) is 22.3 Å². The van der Waals surface area contributed by atoms with E-state index in [1.54, 1.807) is 28.4 Å². The fourth-order valence-corrected chi connectivity index (χ4v) is 4.32. The first-order valence-electron chi connectivity index (χ1n) is 8.91. The molecule has 2 aliphatic heterocycles. The van der Waals surface area contributed by atoms with Gasteiger partial charge in [-0.05, 0) is 47.7 Å². The third-order valence-electron chi connectivity index (χ3n) is 5.63. The van der Waals surface area contributed by atoms with Gasteiger partial charge in [-0.15, -0.1) is 0 Å². The Morgan fingerprint density at radius 1 is 0.857 bits per heavy atom. The van der Waals surface area contributed by atoms with Crippen molar-refractivity contribution >= 4 is 0 Å². The molecule has 0 saturated heterocycles. The third-order valence-corrected chi connectivity index (χ3v) is 5.63. The van der Waals surface area contributed by atoms with Crippen molar-refractivity contribution in [3.63, 3.8) is 0 Å². The van der Waals surface area contributed by atoms with Crippen LogP contribution in [0.3, 0.4) is 0 Å². The summed E-state index contributed by atoms with van der Waals surface area (Å²) < 4.78 is 22.2. The number of hydrogen-bond donors (Lipinski definition) is 0. The van der Waals surface area contributed by atoms with Crippen molar-refractivity contribution in [1.29, 1.82) is 0 Å². The average Bonchev–Trinajstić information content (AvgIpc) is 2.70. The van der Waals surface area contributed by atoms with Crippen LogP contribution in [0.15, 0.2) is 24.3 Å². The van der Waals surface area contributed by atoms with Gasteiger partial charge in [0.15, 0.2) is 23.0 Å². The molecule has 4 rings (SSSR count). The van der Waals surface area contributed by atoms with Crippen LogP contribution in [0.4, 0.5) is 0 Å². The van der Waals surface area contributed by atoms with Gasteiger partial charge >= 0.3 is 29.6 Å². The molecule has 0 spiro atoms. The number of nitrogens with zero attached hydrogens (tertiary/aromatic N) is 1. The molecule has 0 amide bonds. The van der Waals surface area contributed by atoms with Gasteiger partial charge in [-0.25, -0.2) is 0 Å². The SMILES string of the molecule is COc1cc2c(cc1OC)[C@@H]1Cc3ccc(OC)c(OC)c3CN1CC2.[Cl-].[Na+]. The number of hydrogen-bond acceptors (Lipinski definition) is 5. The van der Waals surface area contributed by atoms with Gasteiger partial charge in [-0.2, -0.15) is 0 Å². The van der Waals surface area contributed by atoms with Gasteiger partial charge in [0.1, 0.15) is 0 Å². The standard InChI is InChI=1S/C21H25NO4.ClH.Na/c1-23-18-6-5-13-9-17-15-11-20(25-3)19(24-2)10-14(15)7-8-22(17)12-16(13)21(18)26-4;;/h5-6,10-11,17H,7-9,12H2,1-4H3;1H;/q;;+1/p-1/t17-;;/m0../s1.